The number of ether oxygens (including phenoxy) is 2. The number of halogens is 1. The Bertz CT molecular complexity index is 707. The van der Waals surface area contributed by atoms with Crippen LogP contribution in [0.15, 0.2) is 36.6 Å². The van der Waals surface area contributed by atoms with Crippen molar-refractivity contribution in [1.82, 2.24) is 4.98 Å². The largest absolute Gasteiger partial charge is 0.503 e. The molecule has 0 spiro atoms. The van der Waals surface area contributed by atoms with Crippen molar-refractivity contribution < 1.29 is 14.3 Å². The molecule has 0 aliphatic rings. The second-order valence-electron chi connectivity index (χ2n) is 4.18. The predicted octanol–water partition coefficient (Wildman–Crippen LogP) is 4.13. The van der Waals surface area contributed by atoms with Crippen LogP contribution in [0.5, 0.6) is 0 Å². The molecule has 0 saturated carbocycles. The lowest BCUT2D eigenvalue weighted by Gasteiger charge is -2.03. The van der Waals surface area contributed by atoms with Crippen molar-refractivity contribution in [2.45, 2.75) is 0 Å². The molecule has 0 fully saturated rings. The van der Waals surface area contributed by atoms with E-state index in [4.69, 9.17) is 21.1 Å². The third kappa shape index (κ3) is 3.96. The summed E-state index contributed by atoms with van der Waals surface area (Å²) in [6.07, 6.45) is 5.03. The molecule has 0 amide bonds. The van der Waals surface area contributed by atoms with E-state index in [-0.39, 0.29) is 5.57 Å². The summed E-state index contributed by atoms with van der Waals surface area (Å²) in [5.41, 5.74) is 1.89. The van der Waals surface area contributed by atoms with Crippen molar-refractivity contribution in [2.75, 3.05) is 14.2 Å². The molecule has 0 unspecified atom stereocenters. The highest BCUT2D eigenvalue weighted by Crippen LogP contribution is 2.31. The molecule has 114 valence electrons. The van der Waals surface area contributed by atoms with Crippen LogP contribution in [0.1, 0.15) is 16.1 Å². The first-order valence-electron chi connectivity index (χ1n) is 6.36. The molecule has 6 heteroatoms. The maximum Gasteiger partial charge on any atom is 0.342 e. The Morgan fingerprint density at radius 2 is 1.95 bits per heavy atom. The highest BCUT2D eigenvalue weighted by Gasteiger charge is 2.20. The minimum Gasteiger partial charge on any atom is -0.503 e. The van der Waals surface area contributed by atoms with E-state index in [0.29, 0.717) is 15.0 Å². The molecule has 22 heavy (non-hydrogen) atoms. The topological polar surface area (TPSA) is 48.4 Å². The fraction of sp³-hybridized carbons (Fsp3) is 0.125. The van der Waals surface area contributed by atoms with E-state index in [1.54, 1.807) is 6.08 Å². The van der Waals surface area contributed by atoms with Crippen molar-refractivity contribution in [3.63, 3.8) is 0 Å². The number of nitrogens with zero attached hydrogens (tertiary/aromatic N) is 1. The number of carbonyl (C=O) groups is 1. The Morgan fingerprint density at radius 1 is 1.23 bits per heavy atom. The van der Waals surface area contributed by atoms with Gasteiger partial charge in [0.25, 0.3) is 0 Å². The van der Waals surface area contributed by atoms with Crippen LogP contribution < -0.4 is 0 Å². The number of carbonyl (C=O) groups excluding carboxylic acids is 1. The van der Waals surface area contributed by atoms with E-state index in [9.17, 15) is 4.79 Å². The normalized spacial score (nSPS) is 11.7. The zero-order valence-electron chi connectivity index (χ0n) is 12.1. The molecular formula is C16H14ClNO3S. The van der Waals surface area contributed by atoms with E-state index in [2.05, 4.69) is 4.98 Å². The van der Waals surface area contributed by atoms with Crippen LogP contribution in [-0.4, -0.2) is 25.2 Å². The van der Waals surface area contributed by atoms with Gasteiger partial charge in [-0.05, 0) is 11.6 Å². The van der Waals surface area contributed by atoms with E-state index < -0.39 is 5.97 Å². The zero-order valence-corrected chi connectivity index (χ0v) is 13.6. The lowest BCUT2D eigenvalue weighted by molar-refractivity contribution is -0.133. The Balaban J connectivity index is 2.39. The average molecular weight is 336 g/mol. The van der Waals surface area contributed by atoms with Crippen LogP contribution in [0.3, 0.4) is 0 Å². The van der Waals surface area contributed by atoms with Gasteiger partial charge in [0.1, 0.15) is 5.57 Å². The molecule has 4 nitrogen and oxygen atoms in total. The van der Waals surface area contributed by atoms with E-state index in [1.165, 1.54) is 31.8 Å². The number of hydrogen-bond donors (Lipinski definition) is 0. The van der Waals surface area contributed by atoms with Gasteiger partial charge in [-0.15, -0.1) is 11.3 Å². The zero-order chi connectivity index (χ0) is 15.9. The van der Waals surface area contributed by atoms with E-state index >= 15 is 0 Å². The van der Waals surface area contributed by atoms with Gasteiger partial charge in [0.05, 0.1) is 31.1 Å². The molecule has 0 atom stereocenters. The van der Waals surface area contributed by atoms with Gasteiger partial charge < -0.3 is 9.47 Å². The van der Waals surface area contributed by atoms with E-state index in [1.807, 2.05) is 36.4 Å². The number of benzene rings is 1. The van der Waals surface area contributed by atoms with Crippen LogP contribution >= 0.6 is 22.9 Å². The molecule has 0 N–H and O–H groups in total. The van der Waals surface area contributed by atoms with E-state index in [0.717, 1.165) is 5.56 Å². The highest BCUT2D eigenvalue weighted by molar-refractivity contribution is 7.17. The highest BCUT2D eigenvalue weighted by atomic mass is 35.5. The third-order valence-electron chi connectivity index (χ3n) is 2.75. The molecular weight excluding hydrogens is 322 g/mol. The quantitative estimate of drug-likeness (QED) is 0.468. The van der Waals surface area contributed by atoms with Crippen LogP contribution in [0, 0.1) is 0 Å². The van der Waals surface area contributed by atoms with Crippen LogP contribution in [-0.2, 0) is 14.3 Å². The Kier molecular flexibility index (Phi) is 5.75. The van der Waals surface area contributed by atoms with Gasteiger partial charge >= 0.3 is 5.97 Å². The first-order valence-corrected chi connectivity index (χ1v) is 7.56. The van der Waals surface area contributed by atoms with Crippen LogP contribution in [0.4, 0.5) is 0 Å². The third-order valence-corrected chi connectivity index (χ3v) is 3.96. The van der Waals surface area contributed by atoms with Gasteiger partial charge in [-0.3, -0.25) is 0 Å². The minimum absolute atomic E-state index is 0.280. The Hall–Kier alpha value is -2.11. The standard InChI is InChI=1S/C16H14ClNO3S/c1-20-10-12(15(19)21-2)14-13(18-16(17)22-14)9-8-11-6-4-3-5-7-11/h3-10H,1-2H3/b9-8+,12-10-. The van der Waals surface area contributed by atoms with Crippen molar-refractivity contribution >= 4 is 46.6 Å². The Morgan fingerprint density at radius 3 is 2.59 bits per heavy atom. The molecule has 0 saturated heterocycles. The second kappa shape index (κ2) is 7.77. The summed E-state index contributed by atoms with van der Waals surface area (Å²) in [6, 6.07) is 9.77. The molecule has 0 radical (unpaired) electrons. The molecule has 0 aliphatic carbocycles. The van der Waals surface area contributed by atoms with Crippen molar-refractivity contribution in [2.24, 2.45) is 0 Å². The van der Waals surface area contributed by atoms with Crippen LogP contribution in [0.25, 0.3) is 17.7 Å². The van der Waals surface area contributed by atoms with Gasteiger partial charge in [-0.1, -0.05) is 48.0 Å². The number of aromatic nitrogens is 1. The van der Waals surface area contributed by atoms with Crippen molar-refractivity contribution in [1.29, 1.82) is 0 Å². The van der Waals surface area contributed by atoms with Gasteiger partial charge in [0, 0.05) is 0 Å². The van der Waals surface area contributed by atoms with Gasteiger partial charge in [0.15, 0.2) is 4.47 Å². The minimum atomic E-state index is -0.503. The van der Waals surface area contributed by atoms with Crippen LogP contribution in [0.2, 0.25) is 4.47 Å². The number of esters is 1. The van der Waals surface area contributed by atoms with Crippen molar-refractivity contribution in [3.05, 3.63) is 57.2 Å². The predicted molar refractivity (Wildman–Crippen MR) is 89.5 cm³/mol. The molecule has 1 aromatic carbocycles. The lowest BCUT2D eigenvalue weighted by Crippen LogP contribution is -2.04. The molecule has 0 aliphatic heterocycles. The molecule has 0 bridgehead atoms. The summed E-state index contributed by atoms with van der Waals surface area (Å²) >= 11 is 7.19. The maximum atomic E-state index is 11.9. The number of thiazole rings is 1. The van der Waals surface area contributed by atoms with Gasteiger partial charge in [-0.2, -0.15) is 0 Å². The fourth-order valence-electron chi connectivity index (χ4n) is 1.77. The van der Waals surface area contributed by atoms with Gasteiger partial charge in [0.2, 0.25) is 0 Å². The summed E-state index contributed by atoms with van der Waals surface area (Å²) in [4.78, 5) is 16.7. The first kappa shape index (κ1) is 16.3. The molecule has 2 aromatic rings. The number of methoxy groups -OCH3 is 2. The number of rotatable bonds is 5. The summed E-state index contributed by atoms with van der Waals surface area (Å²) in [6.45, 7) is 0. The molecule has 2 rings (SSSR count). The summed E-state index contributed by atoms with van der Waals surface area (Å²) < 4.78 is 10.1. The second-order valence-corrected chi connectivity index (χ2v) is 5.77. The SMILES string of the molecule is CO/C=C(\C(=O)OC)c1sc(Cl)nc1/C=C/c1ccccc1. The average Bonchev–Trinajstić information content (AvgIpc) is 2.91. The lowest BCUT2D eigenvalue weighted by atomic mass is 10.1. The fourth-order valence-corrected chi connectivity index (χ4v) is 2.87. The van der Waals surface area contributed by atoms with Crippen molar-refractivity contribution in [3.8, 4) is 0 Å². The first-order chi connectivity index (χ1) is 10.7. The summed E-state index contributed by atoms with van der Waals surface area (Å²) in [5.74, 6) is -0.503. The Labute approximate surface area is 137 Å². The monoisotopic (exact) mass is 335 g/mol. The molecule has 1 aromatic heterocycles. The van der Waals surface area contributed by atoms with Gasteiger partial charge in [-0.25, -0.2) is 9.78 Å². The summed E-state index contributed by atoms with van der Waals surface area (Å²) in [7, 11) is 2.78. The summed E-state index contributed by atoms with van der Waals surface area (Å²) in [5, 5.41) is 0. The maximum absolute atomic E-state index is 11.9. The number of hydrogen-bond acceptors (Lipinski definition) is 5. The smallest absolute Gasteiger partial charge is 0.342 e. The molecule has 1 heterocycles.